The van der Waals surface area contributed by atoms with Crippen LogP contribution in [0.1, 0.15) is 23.3 Å². The fraction of sp³-hybridized carbons (Fsp3) is 0.188. The molecule has 0 radical (unpaired) electrons. The van der Waals surface area contributed by atoms with Crippen LogP contribution in [0.25, 0.3) is 0 Å². The maximum Gasteiger partial charge on any atom is 0.198 e. The third-order valence-corrected chi connectivity index (χ3v) is 2.98. The van der Waals surface area contributed by atoms with Gasteiger partial charge in [0.1, 0.15) is 12.2 Å². The number of aliphatic hydroxyl groups excluding tert-OH is 1. The van der Waals surface area contributed by atoms with Gasteiger partial charge in [-0.25, -0.2) is 0 Å². The number of benzene rings is 2. The van der Waals surface area contributed by atoms with Crippen LogP contribution in [0.4, 0.5) is 0 Å². The summed E-state index contributed by atoms with van der Waals surface area (Å²) >= 11 is 0. The largest absolute Gasteiger partial charge is 0.380 e. The third kappa shape index (κ3) is 3.08. The Kier molecular flexibility index (Phi) is 4.44. The van der Waals surface area contributed by atoms with Gasteiger partial charge in [0.2, 0.25) is 0 Å². The number of methoxy groups -OCH3 is 1. The summed E-state index contributed by atoms with van der Waals surface area (Å²) in [6.45, 7) is 0. The predicted molar refractivity (Wildman–Crippen MR) is 72.6 cm³/mol. The van der Waals surface area contributed by atoms with E-state index in [0.29, 0.717) is 5.56 Å². The molecular weight excluding hydrogens is 240 g/mol. The average molecular weight is 256 g/mol. The van der Waals surface area contributed by atoms with Crippen molar-refractivity contribution in [2.45, 2.75) is 12.2 Å². The van der Waals surface area contributed by atoms with Crippen LogP contribution in [0.5, 0.6) is 0 Å². The number of ketones is 1. The first kappa shape index (κ1) is 13.5. The van der Waals surface area contributed by atoms with Crippen molar-refractivity contribution in [2.24, 2.45) is 0 Å². The second kappa shape index (κ2) is 6.27. The van der Waals surface area contributed by atoms with Crippen molar-refractivity contribution in [1.82, 2.24) is 0 Å². The molecule has 2 atom stereocenters. The Bertz CT molecular complexity index is 522. The molecule has 0 aromatic heterocycles. The first-order chi connectivity index (χ1) is 9.24. The SMILES string of the molecule is CO[C@H](C(=O)[C@@H](O)c1ccccc1)c1ccccc1. The van der Waals surface area contributed by atoms with Crippen molar-refractivity contribution in [3.63, 3.8) is 0 Å². The number of hydrogen-bond donors (Lipinski definition) is 1. The van der Waals surface area contributed by atoms with E-state index in [1.165, 1.54) is 7.11 Å². The summed E-state index contributed by atoms with van der Waals surface area (Å²) in [5.74, 6) is -0.361. The Hall–Kier alpha value is -1.97. The Morgan fingerprint density at radius 3 is 1.89 bits per heavy atom. The zero-order valence-electron chi connectivity index (χ0n) is 10.7. The molecule has 0 fully saturated rings. The van der Waals surface area contributed by atoms with Crippen LogP contribution in [0.3, 0.4) is 0 Å². The van der Waals surface area contributed by atoms with Crippen molar-refractivity contribution in [1.29, 1.82) is 0 Å². The molecule has 0 saturated heterocycles. The van der Waals surface area contributed by atoms with Crippen LogP contribution < -0.4 is 0 Å². The smallest absolute Gasteiger partial charge is 0.198 e. The maximum absolute atomic E-state index is 12.3. The number of rotatable bonds is 5. The van der Waals surface area contributed by atoms with Crippen molar-refractivity contribution < 1.29 is 14.6 Å². The van der Waals surface area contributed by atoms with E-state index in [1.54, 1.807) is 24.3 Å². The van der Waals surface area contributed by atoms with Gasteiger partial charge in [0.05, 0.1) is 0 Å². The van der Waals surface area contributed by atoms with Gasteiger partial charge in [0.15, 0.2) is 5.78 Å². The first-order valence-electron chi connectivity index (χ1n) is 6.08. The van der Waals surface area contributed by atoms with Crippen molar-refractivity contribution >= 4 is 5.78 Å². The van der Waals surface area contributed by atoms with Crippen LogP contribution in [0.2, 0.25) is 0 Å². The minimum absolute atomic E-state index is 0.361. The van der Waals surface area contributed by atoms with E-state index in [1.807, 2.05) is 36.4 Å². The Labute approximate surface area is 112 Å². The van der Waals surface area contributed by atoms with Crippen LogP contribution in [-0.2, 0) is 9.53 Å². The number of aliphatic hydroxyl groups is 1. The zero-order valence-corrected chi connectivity index (χ0v) is 10.7. The molecule has 19 heavy (non-hydrogen) atoms. The van der Waals surface area contributed by atoms with Gasteiger partial charge in [-0.2, -0.15) is 0 Å². The molecule has 0 aliphatic heterocycles. The molecule has 0 bridgehead atoms. The number of carbonyl (C=O) groups is 1. The molecule has 98 valence electrons. The molecule has 0 heterocycles. The molecule has 0 spiro atoms. The molecule has 0 aliphatic carbocycles. The Morgan fingerprint density at radius 1 is 0.947 bits per heavy atom. The summed E-state index contributed by atoms with van der Waals surface area (Å²) in [7, 11) is 1.47. The van der Waals surface area contributed by atoms with E-state index in [-0.39, 0.29) is 5.78 Å². The molecular formula is C16H16O3. The average Bonchev–Trinajstić information content (AvgIpc) is 2.49. The van der Waals surface area contributed by atoms with Gasteiger partial charge in [0, 0.05) is 7.11 Å². The number of Topliss-reactive ketones (excluding diaryl/α,β-unsaturated/α-hetero) is 1. The normalized spacial score (nSPS) is 13.8. The maximum atomic E-state index is 12.3. The van der Waals surface area contributed by atoms with Gasteiger partial charge in [-0.3, -0.25) is 4.79 Å². The molecule has 0 unspecified atom stereocenters. The summed E-state index contributed by atoms with van der Waals surface area (Å²) in [5.41, 5.74) is 1.32. The second-order valence-electron chi connectivity index (χ2n) is 4.24. The molecule has 0 aliphatic rings. The highest BCUT2D eigenvalue weighted by Gasteiger charge is 2.27. The van der Waals surface area contributed by atoms with E-state index in [2.05, 4.69) is 0 Å². The lowest BCUT2D eigenvalue weighted by atomic mass is 9.97. The van der Waals surface area contributed by atoms with Crippen LogP contribution in [-0.4, -0.2) is 18.0 Å². The summed E-state index contributed by atoms with van der Waals surface area (Å²) in [6, 6.07) is 18.0. The minimum atomic E-state index is -1.17. The fourth-order valence-electron chi connectivity index (χ4n) is 1.99. The number of ether oxygens (including phenoxy) is 1. The van der Waals surface area contributed by atoms with E-state index in [9.17, 15) is 9.90 Å². The Balaban J connectivity index is 2.22. The molecule has 2 aromatic rings. The zero-order chi connectivity index (χ0) is 13.7. The second-order valence-corrected chi connectivity index (χ2v) is 4.24. The summed E-state index contributed by atoms with van der Waals surface area (Å²) in [6.07, 6.45) is -1.93. The van der Waals surface area contributed by atoms with E-state index < -0.39 is 12.2 Å². The summed E-state index contributed by atoms with van der Waals surface area (Å²) in [4.78, 5) is 12.3. The predicted octanol–water partition coefficient (Wildman–Crippen LogP) is 2.68. The van der Waals surface area contributed by atoms with Crippen LogP contribution in [0, 0.1) is 0 Å². The van der Waals surface area contributed by atoms with Gasteiger partial charge in [-0.15, -0.1) is 0 Å². The monoisotopic (exact) mass is 256 g/mol. The number of hydrogen-bond acceptors (Lipinski definition) is 3. The molecule has 2 rings (SSSR count). The van der Waals surface area contributed by atoms with E-state index >= 15 is 0 Å². The van der Waals surface area contributed by atoms with E-state index in [0.717, 1.165) is 5.56 Å². The molecule has 2 aromatic carbocycles. The standard InChI is InChI=1S/C16H16O3/c1-19-16(13-10-6-3-7-11-13)15(18)14(17)12-8-4-2-5-9-12/h2-11,14,16-17H,1H3/t14-,16-/m0/s1. The lowest BCUT2D eigenvalue weighted by Crippen LogP contribution is -2.22. The fourth-order valence-corrected chi connectivity index (χ4v) is 1.99. The molecule has 0 amide bonds. The third-order valence-electron chi connectivity index (χ3n) is 2.98. The van der Waals surface area contributed by atoms with Gasteiger partial charge in [-0.1, -0.05) is 60.7 Å². The van der Waals surface area contributed by atoms with Crippen LogP contribution >= 0.6 is 0 Å². The van der Waals surface area contributed by atoms with Crippen molar-refractivity contribution in [3.05, 3.63) is 71.8 Å². The summed E-state index contributed by atoms with van der Waals surface area (Å²) < 4.78 is 5.23. The highest BCUT2D eigenvalue weighted by molar-refractivity contribution is 5.89. The van der Waals surface area contributed by atoms with Crippen molar-refractivity contribution in [2.75, 3.05) is 7.11 Å². The molecule has 3 heteroatoms. The number of carbonyl (C=O) groups excluding carboxylic acids is 1. The molecule has 0 saturated carbocycles. The van der Waals surface area contributed by atoms with Crippen LogP contribution in [0.15, 0.2) is 60.7 Å². The highest BCUT2D eigenvalue weighted by Crippen LogP contribution is 2.25. The highest BCUT2D eigenvalue weighted by atomic mass is 16.5. The van der Waals surface area contributed by atoms with Gasteiger partial charge < -0.3 is 9.84 Å². The molecule has 3 nitrogen and oxygen atoms in total. The van der Waals surface area contributed by atoms with Gasteiger partial charge in [0.25, 0.3) is 0 Å². The van der Waals surface area contributed by atoms with Crippen molar-refractivity contribution in [3.8, 4) is 0 Å². The minimum Gasteiger partial charge on any atom is -0.380 e. The first-order valence-corrected chi connectivity index (χ1v) is 6.08. The lowest BCUT2D eigenvalue weighted by Gasteiger charge is -2.18. The molecule has 1 N–H and O–H groups in total. The topological polar surface area (TPSA) is 46.5 Å². The van der Waals surface area contributed by atoms with Gasteiger partial charge in [-0.05, 0) is 11.1 Å². The van der Waals surface area contributed by atoms with E-state index in [4.69, 9.17) is 4.74 Å². The Morgan fingerprint density at radius 2 is 1.42 bits per heavy atom. The summed E-state index contributed by atoms with van der Waals surface area (Å²) in [5, 5.41) is 10.1. The van der Waals surface area contributed by atoms with Gasteiger partial charge >= 0.3 is 0 Å². The quantitative estimate of drug-likeness (QED) is 0.894. The lowest BCUT2D eigenvalue weighted by molar-refractivity contribution is -0.138.